The van der Waals surface area contributed by atoms with Gasteiger partial charge in [-0.2, -0.15) is 0 Å². The maximum Gasteiger partial charge on any atom is 0.264 e. The normalized spacial score (nSPS) is 18.3. The largest absolute Gasteiger partial charge is 0.386 e. The van der Waals surface area contributed by atoms with E-state index in [1.165, 1.54) is 11.3 Å². The summed E-state index contributed by atoms with van der Waals surface area (Å²) in [6.45, 7) is 4.96. The zero-order chi connectivity index (χ0) is 11.8. The van der Waals surface area contributed by atoms with E-state index in [9.17, 15) is 9.90 Å². The van der Waals surface area contributed by atoms with Gasteiger partial charge in [0.25, 0.3) is 5.91 Å². The van der Waals surface area contributed by atoms with Crippen LogP contribution in [0.3, 0.4) is 0 Å². The Kier molecular flexibility index (Phi) is 3.04. The lowest BCUT2D eigenvalue weighted by atomic mass is 9.89. The molecule has 0 unspecified atom stereocenters. The van der Waals surface area contributed by atoms with Crippen molar-refractivity contribution in [3.63, 3.8) is 0 Å². The van der Waals surface area contributed by atoms with Crippen molar-refractivity contribution in [3.05, 3.63) is 21.9 Å². The molecule has 88 valence electrons. The van der Waals surface area contributed by atoms with Crippen LogP contribution in [-0.4, -0.2) is 34.6 Å². The number of hydrogen-bond acceptors (Lipinski definition) is 3. The molecule has 0 radical (unpaired) electrons. The standard InChI is InChI=1S/C12H17NO2S/c1-3-5-12(15)7-13(8-12)11(14)10-9(2)4-6-16-10/h4,6,15H,3,5,7-8H2,1-2H3. The van der Waals surface area contributed by atoms with Crippen LogP contribution < -0.4 is 0 Å². The Labute approximate surface area is 99.7 Å². The van der Waals surface area contributed by atoms with Gasteiger partial charge in [-0.1, -0.05) is 13.3 Å². The van der Waals surface area contributed by atoms with Gasteiger partial charge >= 0.3 is 0 Å². The molecule has 1 aromatic rings. The first-order valence-electron chi connectivity index (χ1n) is 5.61. The van der Waals surface area contributed by atoms with E-state index in [0.717, 1.165) is 23.3 Å². The molecule has 1 fully saturated rings. The Bertz CT molecular complexity index is 393. The van der Waals surface area contributed by atoms with E-state index < -0.39 is 5.60 Å². The monoisotopic (exact) mass is 239 g/mol. The number of carbonyl (C=O) groups is 1. The third-order valence-corrected chi connectivity index (χ3v) is 4.03. The number of likely N-dealkylation sites (tertiary alicyclic amines) is 1. The minimum Gasteiger partial charge on any atom is -0.386 e. The van der Waals surface area contributed by atoms with Crippen molar-refractivity contribution in [2.24, 2.45) is 0 Å². The lowest BCUT2D eigenvalue weighted by molar-refractivity contribution is -0.0858. The second-order valence-corrected chi connectivity index (χ2v) is 5.48. The molecule has 16 heavy (non-hydrogen) atoms. The zero-order valence-electron chi connectivity index (χ0n) is 9.69. The Hall–Kier alpha value is -0.870. The summed E-state index contributed by atoms with van der Waals surface area (Å²) in [7, 11) is 0. The predicted octanol–water partition coefficient (Wildman–Crippen LogP) is 2.04. The summed E-state index contributed by atoms with van der Waals surface area (Å²) in [5.74, 6) is 0.0632. The van der Waals surface area contributed by atoms with Gasteiger partial charge in [0.2, 0.25) is 0 Å². The molecule has 0 aromatic carbocycles. The fourth-order valence-corrected chi connectivity index (χ4v) is 3.06. The van der Waals surface area contributed by atoms with E-state index in [1.807, 2.05) is 25.3 Å². The van der Waals surface area contributed by atoms with Crippen LogP contribution >= 0.6 is 11.3 Å². The maximum absolute atomic E-state index is 12.0. The third kappa shape index (κ3) is 1.99. The maximum atomic E-state index is 12.0. The van der Waals surface area contributed by atoms with Gasteiger partial charge in [0.15, 0.2) is 0 Å². The van der Waals surface area contributed by atoms with Gasteiger partial charge in [0.1, 0.15) is 0 Å². The van der Waals surface area contributed by atoms with E-state index >= 15 is 0 Å². The molecule has 0 aliphatic carbocycles. The van der Waals surface area contributed by atoms with Gasteiger partial charge in [0, 0.05) is 0 Å². The first-order valence-corrected chi connectivity index (χ1v) is 6.49. The summed E-state index contributed by atoms with van der Waals surface area (Å²) in [6, 6.07) is 1.95. The second kappa shape index (κ2) is 4.18. The van der Waals surface area contributed by atoms with Gasteiger partial charge in [-0.05, 0) is 30.4 Å². The summed E-state index contributed by atoms with van der Waals surface area (Å²) in [6.07, 6.45) is 1.73. The number of aryl methyl sites for hydroxylation is 1. The lowest BCUT2D eigenvalue weighted by Crippen LogP contribution is -2.63. The average Bonchev–Trinajstić information content (AvgIpc) is 2.60. The predicted molar refractivity (Wildman–Crippen MR) is 64.8 cm³/mol. The van der Waals surface area contributed by atoms with E-state index in [1.54, 1.807) is 4.90 Å². The number of hydrogen-bond donors (Lipinski definition) is 1. The molecule has 2 heterocycles. The number of rotatable bonds is 3. The van der Waals surface area contributed by atoms with E-state index in [-0.39, 0.29) is 5.91 Å². The molecule has 1 amide bonds. The molecule has 1 N–H and O–H groups in total. The molecule has 1 aliphatic rings. The van der Waals surface area contributed by atoms with E-state index in [0.29, 0.717) is 13.1 Å². The number of nitrogens with zero attached hydrogens (tertiary/aromatic N) is 1. The van der Waals surface area contributed by atoms with Crippen molar-refractivity contribution in [1.29, 1.82) is 0 Å². The quantitative estimate of drug-likeness (QED) is 0.877. The van der Waals surface area contributed by atoms with Gasteiger partial charge < -0.3 is 10.0 Å². The minimum atomic E-state index is -0.629. The van der Waals surface area contributed by atoms with Crippen molar-refractivity contribution < 1.29 is 9.90 Å². The zero-order valence-corrected chi connectivity index (χ0v) is 10.5. The van der Waals surface area contributed by atoms with Crippen molar-refractivity contribution in [2.45, 2.75) is 32.3 Å². The van der Waals surface area contributed by atoms with Gasteiger partial charge in [-0.25, -0.2) is 0 Å². The van der Waals surface area contributed by atoms with Crippen molar-refractivity contribution >= 4 is 17.2 Å². The molecule has 1 aliphatic heterocycles. The first kappa shape index (κ1) is 11.6. The molecule has 4 heteroatoms. The SMILES string of the molecule is CCCC1(O)CN(C(=O)c2sccc2C)C1. The van der Waals surface area contributed by atoms with Gasteiger partial charge in [-0.3, -0.25) is 4.79 Å². The molecule has 2 rings (SSSR count). The number of carbonyl (C=O) groups excluding carboxylic acids is 1. The van der Waals surface area contributed by atoms with Crippen LogP contribution in [0.1, 0.15) is 35.0 Å². The first-order chi connectivity index (χ1) is 7.56. The molecule has 0 saturated carbocycles. The van der Waals surface area contributed by atoms with Gasteiger partial charge in [0.05, 0.1) is 23.6 Å². The van der Waals surface area contributed by atoms with Gasteiger partial charge in [-0.15, -0.1) is 11.3 Å². The average molecular weight is 239 g/mol. The van der Waals surface area contributed by atoms with Crippen LogP contribution in [0.25, 0.3) is 0 Å². The Morgan fingerprint density at radius 1 is 1.62 bits per heavy atom. The third-order valence-electron chi connectivity index (χ3n) is 3.03. The fraction of sp³-hybridized carbons (Fsp3) is 0.583. The Morgan fingerprint density at radius 2 is 2.31 bits per heavy atom. The van der Waals surface area contributed by atoms with Crippen LogP contribution in [0.4, 0.5) is 0 Å². The molecule has 3 nitrogen and oxygen atoms in total. The Balaban J connectivity index is 1.98. The van der Waals surface area contributed by atoms with Crippen LogP contribution in [0, 0.1) is 6.92 Å². The van der Waals surface area contributed by atoms with Crippen molar-refractivity contribution in [2.75, 3.05) is 13.1 Å². The topological polar surface area (TPSA) is 40.5 Å². The molecule has 0 spiro atoms. The highest BCUT2D eigenvalue weighted by atomic mass is 32.1. The summed E-state index contributed by atoms with van der Waals surface area (Å²) < 4.78 is 0. The van der Waals surface area contributed by atoms with Crippen molar-refractivity contribution in [3.8, 4) is 0 Å². The molecule has 1 aromatic heterocycles. The van der Waals surface area contributed by atoms with Crippen LogP contribution in [0.2, 0.25) is 0 Å². The number of aliphatic hydroxyl groups is 1. The van der Waals surface area contributed by atoms with Crippen LogP contribution in [-0.2, 0) is 0 Å². The summed E-state index contributed by atoms with van der Waals surface area (Å²) in [5, 5.41) is 11.9. The van der Waals surface area contributed by atoms with E-state index in [4.69, 9.17) is 0 Å². The number of β-amino-alcohol motifs (C(OH)–C–C–N with tert-alkyl or cyclic N) is 1. The number of amides is 1. The molecule has 0 bridgehead atoms. The fourth-order valence-electron chi connectivity index (χ4n) is 2.17. The van der Waals surface area contributed by atoms with E-state index in [2.05, 4.69) is 0 Å². The molecule has 1 saturated heterocycles. The summed E-state index contributed by atoms with van der Waals surface area (Å²) in [4.78, 5) is 14.6. The molecular weight excluding hydrogens is 222 g/mol. The summed E-state index contributed by atoms with van der Waals surface area (Å²) in [5.41, 5.74) is 0.399. The second-order valence-electron chi connectivity index (χ2n) is 4.57. The van der Waals surface area contributed by atoms with Crippen LogP contribution in [0.15, 0.2) is 11.4 Å². The lowest BCUT2D eigenvalue weighted by Gasteiger charge is -2.46. The number of thiophene rings is 1. The molecule has 0 atom stereocenters. The Morgan fingerprint density at radius 3 is 2.81 bits per heavy atom. The highest BCUT2D eigenvalue weighted by molar-refractivity contribution is 7.12. The van der Waals surface area contributed by atoms with Crippen LogP contribution in [0.5, 0.6) is 0 Å². The smallest absolute Gasteiger partial charge is 0.264 e. The highest BCUT2D eigenvalue weighted by Gasteiger charge is 2.43. The molecular formula is C12H17NO2S. The highest BCUT2D eigenvalue weighted by Crippen LogP contribution is 2.29. The van der Waals surface area contributed by atoms with Crippen molar-refractivity contribution in [1.82, 2.24) is 4.90 Å². The summed E-state index contributed by atoms with van der Waals surface area (Å²) >= 11 is 1.48. The minimum absolute atomic E-state index is 0.0632.